The summed E-state index contributed by atoms with van der Waals surface area (Å²) in [4.78, 5) is 27.9. The zero-order valence-electron chi connectivity index (χ0n) is 25.0. The molecule has 43 heavy (non-hydrogen) atoms. The predicted octanol–water partition coefficient (Wildman–Crippen LogP) is 7.00. The molecule has 1 saturated heterocycles. The van der Waals surface area contributed by atoms with Crippen LogP contribution in [0.1, 0.15) is 79.2 Å². The zero-order valence-corrected chi connectivity index (χ0v) is 25.8. The van der Waals surface area contributed by atoms with Crippen molar-refractivity contribution in [1.82, 2.24) is 14.7 Å². The van der Waals surface area contributed by atoms with Crippen molar-refractivity contribution >= 4 is 28.2 Å². The number of fused-ring (bicyclic) bond motifs is 1. The molecule has 1 unspecified atom stereocenters. The molecule has 1 aliphatic rings. The number of hydrogen-bond acceptors (Lipinski definition) is 6. The molecule has 1 fully saturated rings. The van der Waals surface area contributed by atoms with Crippen molar-refractivity contribution in [3.8, 4) is 11.5 Å². The molecular formula is C35H40ClN3O4. The highest BCUT2D eigenvalue weighted by atomic mass is 35.5. The molecule has 1 aromatic heterocycles. The highest BCUT2D eigenvalue weighted by Gasteiger charge is 2.22. The first kappa shape index (κ1) is 30.8. The van der Waals surface area contributed by atoms with Gasteiger partial charge >= 0.3 is 0 Å². The van der Waals surface area contributed by atoms with Gasteiger partial charge < -0.3 is 14.7 Å². The second kappa shape index (κ2) is 14.2. The topological polar surface area (TPSA) is 84.7 Å². The summed E-state index contributed by atoms with van der Waals surface area (Å²) in [7, 11) is 0. The maximum Gasteiger partial charge on any atom is 0.274 e. The third-order valence-electron chi connectivity index (χ3n) is 8.32. The number of hydrogen-bond donors (Lipinski definition) is 1. The highest BCUT2D eigenvalue weighted by Crippen LogP contribution is 2.33. The van der Waals surface area contributed by atoms with E-state index in [1.807, 2.05) is 55.5 Å². The van der Waals surface area contributed by atoms with Crippen LogP contribution in [0.25, 0.3) is 10.8 Å². The van der Waals surface area contributed by atoms with Crippen molar-refractivity contribution in [2.45, 2.75) is 64.8 Å². The van der Waals surface area contributed by atoms with Crippen molar-refractivity contribution in [1.29, 1.82) is 0 Å². The highest BCUT2D eigenvalue weighted by molar-refractivity contribution is 6.30. The maximum absolute atomic E-state index is 13.6. The summed E-state index contributed by atoms with van der Waals surface area (Å²) >= 11 is 6.10. The van der Waals surface area contributed by atoms with Gasteiger partial charge in [0, 0.05) is 35.5 Å². The van der Waals surface area contributed by atoms with E-state index in [1.165, 1.54) is 6.92 Å². The lowest BCUT2D eigenvalue weighted by molar-refractivity contribution is 0.101. The molecule has 8 heteroatoms. The monoisotopic (exact) mass is 601 g/mol. The Balaban J connectivity index is 1.23. The van der Waals surface area contributed by atoms with Crippen LogP contribution in [-0.4, -0.2) is 51.8 Å². The van der Waals surface area contributed by atoms with E-state index in [-0.39, 0.29) is 23.1 Å². The molecule has 0 spiro atoms. The molecule has 0 amide bonds. The molecule has 7 nitrogen and oxygen atoms in total. The smallest absolute Gasteiger partial charge is 0.274 e. The molecule has 5 rings (SSSR count). The first-order valence-electron chi connectivity index (χ1n) is 15.3. The minimum absolute atomic E-state index is 0.0239. The van der Waals surface area contributed by atoms with Crippen LogP contribution in [0.15, 0.2) is 65.5 Å². The lowest BCUT2D eigenvalue weighted by Gasteiger charge is -2.21. The van der Waals surface area contributed by atoms with Gasteiger partial charge in [-0.25, -0.2) is 4.68 Å². The molecular weight excluding hydrogens is 562 g/mol. The summed E-state index contributed by atoms with van der Waals surface area (Å²) in [5.41, 5.74) is 3.03. The van der Waals surface area contributed by atoms with Gasteiger partial charge in [-0.05, 0) is 81.5 Å². The van der Waals surface area contributed by atoms with E-state index in [4.69, 9.17) is 21.4 Å². The van der Waals surface area contributed by atoms with E-state index >= 15 is 0 Å². The van der Waals surface area contributed by atoms with E-state index < -0.39 is 0 Å². The number of ether oxygens (including phenoxy) is 1. The molecule has 3 aromatic carbocycles. The molecule has 1 aliphatic heterocycles. The standard InChI is InChI=1S/C35H40ClN3O4/c1-3-8-31-33(17-16-28(24(2)40)34(31)41)43-22-7-20-38-19-6-9-27(18-21-38)39-35(42)30-11-5-4-10-29(30)32(37-39)23-25-12-14-26(36)15-13-25/h4-5,10-17,27,41H,3,6-9,18-23H2,1-2H3. The normalized spacial score (nSPS) is 15.8. The SMILES string of the molecule is CCCc1c(OCCCN2CCCC(n3nc(Cc4ccc(Cl)cc4)c4ccccc4c3=O)CC2)ccc(C(C)=O)c1O. The number of benzene rings is 3. The van der Waals surface area contributed by atoms with Gasteiger partial charge in [-0.15, -0.1) is 0 Å². The van der Waals surface area contributed by atoms with Crippen LogP contribution >= 0.6 is 11.6 Å². The van der Waals surface area contributed by atoms with Crippen LogP contribution < -0.4 is 10.3 Å². The molecule has 1 atom stereocenters. The Morgan fingerprint density at radius 1 is 1.05 bits per heavy atom. The van der Waals surface area contributed by atoms with Gasteiger partial charge in [-0.2, -0.15) is 5.10 Å². The van der Waals surface area contributed by atoms with Crippen molar-refractivity contribution in [2.24, 2.45) is 0 Å². The Morgan fingerprint density at radius 2 is 1.81 bits per heavy atom. The average Bonchev–Trinajstić information content (AvgIpc) is 3.25. The average molecular weight is 602 g/mol. The summed E-state index contributed by atoms with van der Waals surface area (Å²) in [6, 6.07) is 19.0. The fraction of sp³-hybridized carbons (Fsp3) is 0.400. The molecule has 2 heterocycles. The number of aromatic nitrogens is 2. The van der Waals surface area contributed by atoms with Gasteiger partial charge in [0.15, 0.2) is 5.78 Å². The number of aromatic hydroxyl groups is 1. The van der Waals surface area contributed by atoms with Crippen LogP contribution in [0.2, 0.25) is 5.02 Å². The molecule has 0 aliphatic carbocycles. The van der Waals surface area contributed by atoms with Crippen molar-refractivity contribution in [2.75, 3.05) is 26.2 Å². The van der Waals surface area contributed by atoms with E-state index in [1.54, 1.807) is 16.8 Å². The van der Waals surface area contributed by atoms with Gasteiger partial charge in [0.2, 0.25) is 0 Å². The second-order valence-corrected chi connectivity index (χ2v) is 11.9. The van der Waals surface area contributed by atoms with E-state index in [0.717, 1.165) is 68.4 Å². The Labute approximate surface area is 258 Å². The number of Topliss-reactive ketones (excluding diaryl/α,β-unsaturated/α-hetero) is 1. The second-order valence-electron chi connectivity index (χ2n) is 11.4. The first-order valence-corrected chi connectivity index (χ1v) is 15.7. The number of halogens is 1. The van der Waals surface area contributed by atoms with Crippen LogP contribution in [-0.2, 0) is 12.8 Å². The summed E-state index contributed by atoms with van der Waals surface area (Å²) in [5, 5.41) is 17.9. The minimum atomic E-state index is -0.153. The third kappa shape index (κ3) is 7.28. The maximum atomic E-state index is 13.6. The van der Waals surface area contributed by atoms with Crippen molar-refractivity contribution in [3.05, 3.63) is 98.4 Å². The van der Waals surface area contributed by atoms with Gasteiger partial charge in [-0.3, -0.25) is 9.59 Å². The summed E-state index contributed by atoms with van der Waals surface area (Å²) in [6.07, 6.45) is 5.71. The van der Waals surface area contributed by atoms with Crippen molar-refractivity contribution in [3.63, 3.8) is 0 Å². The van der Waals surface area contributed by atoms with Crippen LogP contribution in [0, 0.1) is 0 Å². The number of likely N-dealkylation sites (tertiary alicyclic amines) is 1. The fourth-order valence-corrected chi connectivity index (χ4v) is 6.18. The molecule has 0 saturated carbocycles. The number of phenols is 1. The largest absolute Gasteiger partial charge is 0.507 e. The molecule has 0 radical (unpaired) electrons. The molecule has 226 valence electrons. The van der Waals surface area contributed by atoms with Crippen LogP contribution in [0.5, 0.6) is 11.5 Å². The minimum Gasteiger partial charge on any atom is -0.507 e. The van der Waals surface area contributed by atoms with Crippen molar-refractivity contribution < 1.29 is 14.6 Å². The van der Waals surface area contributed by atoms with Crippen LogP contribution in [0.4, 0.5) is 0 Å². The fourth-order valence-electron chi connectivity index (χ4n) is 6.05. The lowest BCUT2D eigenvalue weighted by Crippen LogP contribution is -2.30. The number of carbonyl (C=O) groups is 1. The third-order valence-corrected chi connectivity index (χ3v) is 8.57. The molecule has 1 N–H and O–H groups in total. The van der Waals surface area contributed by atoms with E-state index in [0.29, 0.717) is 46.7 Å². The Hall–Kier alpha value is -3.68. The van der Waals surface area contributed by atoms with Gasteiger partial charge in [0.05, 0.1) is 29.3 Å². The van der Waals surface area contributed by atoms with Crippen LogP contribution in [0.3, 0.4) is 0 Å². The summed E-state index contributed by atoms with van der Waals surface area (Å²) in [6.45, 7) is 6.76. The lowest BCUT2D eigenvalue weighted by atomic mass is 10.0. The predicted molar refractivity (Wildman–Crippen MR) is 172 cm³/mol. The number of ketones is 1. The summed E-state index contributed by atoms with van der Waals surface area (Å²) < 4.78 is 7.83. The molecule has 4 aromatic rings. The summed E-state index contributed by atoms with van der Waals surface area (Å²) in [5.74, 6) is 0.538. The van der Waals surface area contributed by atoms with Gasteiger partial charge in [-0.1, -0.05) is 55.3 Å². The first-order chi connectivity index (χ1) is 20.9. The Kier molecular flexibility index (Phi) is 10.2. The number of phenolic OH excluding ortho intramolecular Hbond substituents is 1. The quantitative estimate of drug-likeness (QED) is 0.147. The zero-order chi connectivity index (χ0) is 30.3. The van der Waals surface area contributed by atoms with E-state index in [9.17, 15) is 14.7 Å². The Morgan fingerprint density at radius 3 is 2.56 bits per heavy atom. The van der Waals surface area contributed by atoms with Gasteiger partial charge in [0.1, 0.15) is 11.5 Å². The number of nitrogens with zero attached hydrogens (tertiary/aromatic N) is 3. The van der Waals surface area contributed by atoms with Gasteiger partial charge in [0.25, 0.3) is 5.56 Å². The number of rotatable bonds is 11. The number of carbonyl (C=O) groups excluding carboxylic acids is 1. The van der Waals surface area contributed by atoms with E-state index in [2.05, 4.69) is 4.90 Å². The Bertz CT molecular complexity index is 1630. The molecule has 0 bridgehead atoms.